The topological polar surface area (TPSA) is 176 Å². The van der Waals surface area contributed by atoms with Crippen molar-refractivity contribution in [2.24, 2.45) is 0 Å². The Morgan fingerprint density at radius 2 is 1.89 bits per heavy atom. The van der Waals surface area contributed by atoms with E-state index < -0.39 is 60.8 Å². The van der Waals surface area contributed by atoms with E-state index in [0.717, 1.165) is 19.1 Å². The highest BCUT2D eigenvalue weighted by Crippen LogP contribution is 2.14. The van der Waals surface area contributed by atoms with Crippen LogP contribution in [0.2, 0.25) is 0 Å². The van der Waals surface area contributed by atoms with Crippen molar-refractivity contribution in [1.29, 1.82) is 0 Å². The molecule has 11 heteroatoms. The van der Waals surface area contributed by atoms with Gasteiger partial charge in [0.15, 0.2) is 0 Å². The molecule has 1 amide bonds. The number of H-pyrrole nitrogens is 1. The van der Waals surface area contributed by atoms with Gasteiger partial charge < -0.3 is 35.8 Å². The Kier molecular flexibility index (Phi) is 7.16. The predicted molar refractivity (Wildman–Crippen MR) is 94.7 cm³/mol. The van der Waals surface area contributed by atoms with Crippen molar-refractivity contribution >= 4 is 16.9 Å². The third-order valence-electron chi connectivity index (χ3n) is 4.21. The first-order valence-electron chi connectivity index (χ1n) is 8.42. The minimum absolute atomic E-state index is 0.147. The number of rotatable bonds is 8. The molecule has 0 aliphatic heterocycles. The van der Waals surface area contributed by atoms with Gasteiger partial charge in [-0.1, -0.05) is 0 Å². The van der Waals surface area contributed by atoms with Gasteiger partial charge in [-0.25, -0.2) is 9.37 Å². The fourth-order valence-corrected chi connectivity index (χ4v) is 2.75. The second-order valence-electron chi connectivity index (χ2n) is 6.40. The summed E-state index contributed by atoms with van der Waals surface area (Å²) >= 11 is 0. The Labute approximate surface area is 158 Å². The molecule has 0 saturated carbocycles. The van der Waals surface area contributed by atoms with Crippen LogP contribution >= 0.6 is 0 Å². The zero-order valence-corrected chi connectivity index (χ0v) is 14.9. The zero-order valence-electron chi connectivity index (χ0n) is 14.9. The van der Waals surface area contributed by atoms with Crippen LogP contribution in [0.4, 0.5) is 4.39 Å². The highest BCUT2D eigenvalue weighted by molar-refractivity contribution is 5.74. The van der Waals surface area contributed by atoms with Crippen LogP contribution in [-0.2, 0) is 11.2 Å². The highest BCUT2D eigenvalue weighted by atomic mass is 19.1. The number of hydrogen-bond acceptors (Lipinski definition) is 8. The van der Waals surface area contributed by atoms with Gasteiger partial charge in [0.2, 0.25) is 5.91 Å². The number of carbonyl (C=O) groups excluding carboxylic acids is 1. The molecule has 5 atom stereocenters. The van der Waals surface area contributed by atoms with E-state index in [1.165, 1.54) is 6.07 Å². The van der Waals surface area contributed by atoms with E-state index >= 15 is 0 Å². The average Bonchev–Trinajstić information content (AvgIpc) is 2.64. The number of aromatic nitrogens is 2. The van der Waals surface area contributed by atoms with E-state index in [0.29, 0.717) is 0 Å². The van der Waals surface area contributed by atoms with Crippen molar-refractivity contribution in [2.45, 2.75) is 43.8 Å². The predicted octanol–water partition coefficient (Wildman–Crippen LogP) is -2.45. The van der Waals surface area contributed by atoms with Crippen LogP contribution < -0.4 is 10.9 Å². The summed E-state index contributed by atoms with van der Waals surface area (Å²) in [5.74, 6) is -1.22. The van der Waals surface area contributed by atoms with Crippen molar-refractivity contribution in [1.82, 2.24) is 15.3 Å². The van der Waals surface area contributed by atoms with Crippen LogP contribution in [0.1, 0.15) is 12.6 Å². The molecule has 0 spiro atoms. The number of nitrogens with zero attached hydrogens (tertiary/aromatic N) is 1. The first-order valence-corrected chi connectivity index (χ1v) is 8.42. The molecule has 0 aliphatic rings. The number of nitrogens with one attached hydrogen (secondary N) is 2. The van der Waals surface area contributed by atoms with E-state index in [1.54, 1.807) is 0 Å². The lowest BCUT2D eigenvalue weighted by molar-refractivity contribution is -0.127. The SMILES string of the molecule is CC(=O)N[C@@H](C(O)[C@H](O)[C@H](O)CO)[C@H](O)Cc1nc2ccc(F)cc2[nH]c1=O. The van der Waals surface area contributed by atoms with Gasteiger partial charge in [-0.05, 0) is 18.2 Å². The molecule has 2 rings (SSSR count). The molecule has 7 N–H and O–H groups in total. The molecule has 2 aromatic rings. The second kappa shape index (κ2) is 9.17. The summed E-state index contributed by atoms with van der Waals surface area (Å²) in [5.41, 5.74) is -0.436. The number of aromatic amines is 1. The number of fused-ring (bicyclic) bond motifs is 1. The quantitative estimate of drug-likeness (QED) is 0.256. The molecule has 154 valence electrons. The largest absolute Gasteiger partial charge is 0.394 e. The smallest absolute Gasteiger partial charge is 0.270 e. The van der Waals surface area contributed by atoms with Crippen molar-refractivity contribution in [3.63, 3.8) is 0 Å². The molecule has 0 aliphatic carbocycles. The molecule has 0 bridgehead atoms. The van der Waals surface area contributed by atoms with Gasteiger partial charge in [0.25, 0.3) is 5.56 Å². The summed E-state index contributed by atoms with van der Waals surface area (Å²) < 4.78 is 13.2. The van der Waals surface area contributed by atoms with Gasteiger partial charge in [-0.3, -0.25) is 9.59 Å². The van der Waals surface area contributed by atoms with E-state index in [-0.39, 0.29) is 16.7 Å². The molecule has 1 heterocycles. The molecule has 1 unspecified atom stereocenters. The Morgan fingerprint density at radius 1 is 1.21 bits per heavy atom. The van der Waals surface area contributed by atoms with Crippen LogP contribution in [0, 0.1) is 5.82 Å². The summed E-state index contributed by atoms with van der Waals surface area (Å²) in [4.78, 5) is 30.0. The third kappa shape index (κ3) is 5.09. The number of halogens is 1. The van der Waals surface area contributed by atoms with Gasteiger partial charge in [0, 0.05) is 13.3 Å². The number of aliphatic hydroxyl groups excluding tert-OH is 5. The van der Waals surface area contributed by atoms with Gasteiger partial charge in [-0.2, -0.15) is 0 Å². The van der Waals surface area contributed by atoms with Crippen molar-refractivity contribution in [2.75, 3.05) is 6.61 Å². The molecular formula is C17H22FN3O7. The maximum Gasteiger partial charge on any atom is 0.270 e. The lowest BCUT2D eigenvalue weighted by atomic mass is 9.94. The molecule has 1 aromatic carbocycles. The minimum Gasteiger partial charge on any atom is -0.394 e. The summed E-state index contributed by atoms with van der Waals surface area (Å²) in [6.45, 7) is 0.250. The number of amides is 1. The van der Waals surface area contributed by atoms with E-state index in [2.05, 4.69) is 15.3 Å². The van der Waals surface area contributed by atoms with Gasteiger partial charge in [-0.15, -0.1) is 0 Å². The summed E-state index contributed by atoms with van der Waals surface area (Å²) in [5, 5.41) is 51.1. The van der Waals surface area contributed by atoms with Crippen LogP contribution in [0.3, 0.4) is 0 Å². The summed E-state index contributed by atoms with van der Waals surface area (Å²) in [6.07, 6.45) is -7.44. The second-order valence-corrected chi connectivity index (χ2v) is 6.40. The molecule has 0 radical (unpaired) electrons. The maximum atomic E-state index is 13.2. The normalized spacial score (nSPS) is 17.0. The van der Waals surface area contributed by atoms with Crippen LogP contribution in [-0.4, -0.2) is 78.5 Å². The van der Waals surface area contributed by atoms with Gasteiger partial charge >= 0.3 is 0 Å². The number of hydrogen-bond donors (Lipinski definition) is 7. The Balaban J connectivity index is 2.29. The van der Waals surface area contributed by atoms with Crippen molar-refractivity contribution < 1.29 is 34.7 Å². The minimum atomic E-state index is -1.87. The highest BCUT2D eigenvalue weighted by Gasteiger charge is 2.36. The number of carbonyl (C=O) groups is 1. The fourth-order valence-electron chi connectivity index (χ4n) is 2.75. The van der Waals surface area contributed by atoms with Crippen LogP contribution in [0.15, 0.2) is 23.0 Å². The van der Waals surface area contributed by atoms with Crippen molar-refractivity contribution in [3.8, 4) is 0 Å². The van der Waals surface area contributed by atoms with Crippen LogP contribution in [0.5, 0.6) is 0 Å². The number of benzene rings is 1. The lowest BCUT2D eigenvalue weighted by Crippen LogP contribution is -2.57. The zero-order chi connectivity index (χ0) is 21.0. The van der Waals surface area contributed by atoms with Gasteiger partial charge in [0.1, 0.15) is 29.8 Å². The third-order valence-corrected chi connectivity index (χ3v) is 4.21. The van der Waals surface area contributed by atoms with E-state index in [4.69, 9.17) is 5.11 Å². The summed E-state index contributed by atoms with van der Waals surface area (Å²) in [7, 11) is 0. The lowest BCUT2D eigenvalue weighted by Gasteiger charge is -2.32. The van der Waals surface area contributed by atoms with E-state index in [1.807, 2.05) is 0 Å². The standard InChI is InChI=1S/C17H22FN3O7/c1-7(23)19-14(16(27)15(26)13(25)6-22)12(24)5-11-17(28)21-10-4-8(18)2-3-9(10)20-11/h2-4,12-16,22,24-27H,5-6H2,1H3,(H,19,23)(H,21,28)/t12-,13-,14-,15-,16?/m1/s1. The van der Waals surface area contributed by atoms with Gasteiger partial charge in [0.05, 0.1) is 29.8 Å². The Bertz CT molecular complexity index is 891. The van der Waals surface area contributed by atoms with Crippen molar-refractivity contribution in [3.05, 3.63) is 40.1 Å². The fraction of sp³-hybridized carbons (Fsp3) is 0.471. The number of aliphatic hydroxyl groups is 5. The monoisotopic (exact) mass is 399 g/mol. The first kappa shape index (κ1) is 21.9. The molecule has 1 aromatic heterocycles. The Morgan fingerprint density at radius 3 is 2.50 bits per heavy atom. The van der Waals surface area contributed by atoms with Crippen LogP contribution in [0.25, 0.3) is 11.0 Å². The van der Waals surface area contributed by atoms with E-state index in [9.17, 15) is 34.4 Å². The maximum absolute atomic E-state index is 13.2. The molecule has 28 heavy (non-hydrogen) atoms. The Hall–Kier alpha value is -2.44. The summed E-state index contributed by atoms with van der Waals surface area (Å²) in [6, 6.07) is 2.09. The molecular weight excluding hydrogens is 377 g/mol. The molecule has 0 fully saturated rings. The molecule has 0 saturated heterocycles. The average molecular weight is 399 g/mol. The first-order chi connectivity index (χ1) is 13.1. The molecule has 10 nitrogen and oxygen atoms in total.